The van der Waals surface area contributed by atoms with Gasteiger partial charge in [-0.2, -0.15) is 0 Å². The minimum atomic E-state index is -0.738. The highest BCUT2D eigenvalue weighted by Crippen LogP contribution is 2.26. The molecular weight excluding hydrogens is 486 g/mol. The standard InChI is InChI=1S/C23H21BrF2N2O4/c1-13-3-4-15(22(30)27-7-8-29)10-19(13)28-14(2)9-20(21(24)23(28)31)32-12-16-5-6-17(25)11-18(16)26/h3-6,9-11,29H,7-8,12H2,1-2H3,(H,27,30). The number of pyridine rings is 1. The Morgan fingerprint density at radius 1 is 1.16 bits per heavy atom. The largest absolute Gasteiger partial charge is 0.487 e. The summed E-state index contributed by atoms with van der Waals surface area (Å²) in [6.07, 6.45) is 0. The van der Waals surface area contributed by atoms with Gasteiger partial charge in [-0.15, -0.1) is 0 Å². The lowest BCUT2D eigenvalue weighted by molar-refractivity contribution is 0.0944. The van der Waals surface area contributed by atoms with E-state index in [4.69, 9.17) is 9.84 Å². The number of hydrogen-bond acceptors (Lipinski definition) is 4. The lowest BCUT2D eigenvalue weighted by Gasteiger charge is -2.17. The van der Waals surface area contributed by atoms with E-state index >= 15 is 0 Å². The van der Waals surface area contributed by atoms with E-state index < -0.39 is 17.2 Å². The molecule has 1 aromatic heterocycles. The lowest BCUT2D eigenvalue weighted by Crippen LogP contribution is -2.27. The van der Waals surface area contributed by atoms with Gasteiger partial charge < -0.3 is 15.2 Å². The highest BCUT2D eigenvalue weighted by Gasteiger charge is 2.17. The van der Waals surface area contributed by atoms with Gasteiger partial charge in [0.25, 0.3) is 11.5 Å². The second kappa shape index (κ2) is 10.1. The maximum atomic E-state index is 13.9. The van der Waals surface area contributed by atoms with E-state index in [-0.39, 0.29) is 41.5 Å². The van der Waals surface area contributed by atoms with Crippen LogP contribution in [0.2, 0.25) is 0 Å². The third-order valence-corrected chi connectivity index (χ3v) is 5.54. The molecule has 0 saturated heterocycles. The van der Waals surface area contributed by atoms with Gasteiger partial charge in [0.05, 0.1) is 12.3 Å². The SMILES string of the molecule is Cc1ccc(C(=O)NCCO)cc1-n1c(C)cc(OCc2ccc(F)cc2F)c(Br)c1=O. The van der Waals surface area contributed by atoms with Crippen LogP contribution in [0.1, 0.15) is 27.2 Å². The van der Waals surface area contributed by atoms with Crippen LogP contribution in [-0.2, 0) is 6.61 Å². The molecule has 0 unspecified atom stereocenters. The summed E-state index contributed by atoms with van der Waals surface area (Å²) in [6, 6.07) is 9.75. The van der Waals surface area contributed by atoms with E-state index in [1.165, 1.54) is 10.6 Å². The molecule has 0 aliphatic rings. The van der Waals surface area contributed by atoms with Crippen molar-refractivity contribution in [3.63, 3.8) is 0 Å². The number of rotatable bonds is 7. The molecule has 32 heavy (non-hydrogen) atoms. The van der Waals surface area contributed by atoms with Gasteiger partial charge in [0.2, 0.25) is 0 Å². The summed E-state index contributed by atoms with van der Waals surface area (Å²) in [6.45, 7) is 3.27. The normalized spacial score (nSPS) is 10.8. The number of halogens is 3. The fourth-order valence-corrected chi connectivity index (χ4v) is 3.55. The molecule has 3 rings (SSSR count). The predicted molar refractivity (Wildman–Crippen MR) is 119 cm³/mol. The number of ether oxygens (including phenoxy) is 1. The van der Waals surface area contributed by atoms with Crippen molar-refractivity contribution in [3.05, 3.63) is 91.3 Å². The topological polar surface area (TPSA) is 80.6 Å². The average Bonchev–Trinajstić information content (AvgIpc) is 2.75. The average molecular weight is 507 g/mol. The molecule has 0 spiro atoms. The van der Waals surface area contributed by atoms with Crippen molar-refractivity contribution in [2.24, 2.45) is 0 Å². The molecule has 0 fully saturated rings. The zero-order valence-electron chi connectivity index (χ0n) is 17.4. The van der Waals surface area contributed by atoms with Gasteiger partial charge in [0, 0.05) is 35.5 Å². The molecule has 0 aliphatic heterocycles. The van der Waals surface area contributed by atoms with Crippen LogP contribution in [0.3, 0.4) is 0 Å². The zero-order chi connectivity index (χ0) is 23.4. The van der Waals surface area contributed by atoms with E-state index in [0.29, 0.717) is 16.9 Å². The Hall–Kier alpha value is -3.04. The van der Waals surface area contributed by atoms with Crippen molar-refractivity contribution < 1.29 is 23.4 Å². The number of benzene rings is 2. The fourth-order valence-electron chi connectivity index (χ4n) is 3.14. The number of aromatic nitrogens is 1. The molecule has 1 amide bonds. The molecule has 168 valence electrons. The lowest BCUT2D eigenvalue weighted by atomic mass is 10.1. The Morgan fingerprint density at radius 2 is 1.91 bits per heavy atom. The van der Waals surface area contributed by atoms with Gasteiger partial charge in [0.1, 0.15) is 28.5 Å². The highest BCUT2D eigenvalue weighted by molar-refractivity contribution is 9.10. The smallest absolute Gasteiger partial charge is 0.273 e. The number of nitrogens with one attached hydrogen (secondary N) is 1. The van der Waals surface area contributed by atoms with Crippen molar-refractivity contribution in [2.45, 2.75) is 20.5 Å². The molecular formula is C23H21BrF2N2O4. The van der Waals surface area contributed by atoms with Crippen molar-refractivity contribution in [1.29, 1.82) is 0 Å². The van der Waals surface area contributed by atoms with Gasteiger partial charge in [-0.1, -0.05) is 6.07 Å². The van der Waals surface area contributed by atoms with Gasteiger partial charge >= 0.3 is 0 Å². The van der Waals surface area contributed by atoms with E-state index in [1.54, 1.807) is 31.2 Å². The maximum Gasteiger partial charge on any atom is 0.273 e. The first-order valence-electron chi connectivity index (χ1n) is 9.72. The summed E-state index contributed by atoms with van der Waals surface area (Å²) in [5.74, 6) is -1.58. The number of aliphatic hydroxyl groups excluding tert-OH is 1. The van der Waals surface area contributed by atoms with E-state index in [0.717, 1.165) is 17.7 Å². The van der Waals surface area contributed by atoms with Crippen LogP contribution in [-0.4, -0.2) is 28.7 Å². The first-order valence-corrected chi connectivity index (χ1v) is 10.5. The van der Waals surface area contributed by atoms with Crippen LogP contribution in [0.15, 0.2) is 51.7 Å². The third-order valence-electron chi connectivity index (χ3n) is 4.81. The molecule has 2 aromatic carbocycles. The Kier molecular flexibility index (Phi) is 7.42. The summed E-state index contributed by atoms with van der Waals surface area (Å²) in [4.78, 5) is 25.4. The van der Waals surface area contributed by atoms with Gasteiger partial charge in [-0.25, -0.2) is 8.78 Å². The first kappa shape index (κ1) is 23.6. The number of aryl methyl sites for hydroxylation is 2. The highest BCUT2D eigenvalue weighted by atomic mass is 79.9. The number of hydrogen-bond donors (Lipinski definition) is 2. The number of carbonyl (C=O) groups is 1. The molecule has 2 N–H and O–H groups in total. The van der Waals surface area contributed by atoms with Crippen LogP contribution in [0.25, 0.3) is 5.69 Å². The summed E-state index contributed by atoms with van der Waals surface area (Å²) in [5.41, 5.74) is 1.88. The summed E-state index contributed by atoms with van der Waals surface area (Å²) >= 11 is 3.25. The molecule has 1 heterocycles. The molecule has 0 atom stereocenters. The number of carbonyl (C=O) groups excluding carboxylic acids is 1. The van der Waals surface area contributed by atoms with Crippen LogP contribution in [0, 0.1) is 25.5 Å². The van der Waals surface area contributed by atoms with Crippen molar-refractivity contribution in [3.8, 4) is 11.4 Å². The second-order valence-corrected chi connectivity index (χ2v) is 7.90. The minimum absolute atomic E-state index is 0.118. The molecule has 0 radical (unpaired) electrons. The minimum Gasteiger partial charge on any atom is -0.487 e. The Labute approximate surface area is 191 Å². The molecule has 0 bridgehead atoms. The van der Waals surface area contributed by atoms with Crippen molar-refractivity contribution in [1.82, 2.24) is 9.88 Å². The molecule has 3 aromatic rings. The maximum absolute atomic E-state index is 13.9. The second-order valence-electron chi connectivity index (χ2n) is 7.11. The Bertz CT molecular complexity index is 1230. The van der Waals surface area contributed by atoms with E-state index in [2.05, 4.69) is 21.2 Å². The predicted octanol–water partition coefficient (Wildman–Crippen LogP) is 3.80. The molecule has 9 heteroatoms. The van der Waals surface area contributed by atoms with Crippen LogP contribution < -0.4 is 15.6 Å². The Balaban J connectivity index is 1.95. The van der Waals surface area contributed by atoms with Gasteiger partial charge in [-0.05, 0) is 59.6 Å². The van der Waals surface area contributed by atoms with Crippen molar-refractivity contribution in [2.75, 3.05) is 13.2 Å². The van der Waals surface area contributed by atoms with Crippen LogP contribution in [0.5, 0.6) is 5.75 Å². The molecule has 0 aliphatic carbocycles. The van der Waals surface area contributed by atoms with Gasteiger partial charge in [-0.3, -0.25) is 14.2 Å². The summed E-state index contributed by atoms with van der Waals surface area (Å²) in [5, 5.41) is 11.5. The van der Waals surface area contributed by atoms with E-state index in [1.807, 2.05) is 6.92 Å². The molecule has 0 saturated carbocycles. The summed E-state index contributed by atoms with van der Waals surface area (Å²) < 4.78 is 34.2. The van der Waals surface area contributed by atoms with Gasteiger partial charge in [0.15, 0.2) is 0 Å². The Morgan fingerprint density at radius 3 is 2.59 bits per heavy atom. The molecule has 6 nitrogen and oxygen atoms in total. The number of amides is 1. The fraction of sp³-hybridized carbons (Fsp3) is 0.217. The van der Waals surface area contributed by atoms with Crippen LogP contribution >= 0.6 is 15.9 Å². The summed E-state index contributed by atoms with van der Waals surface area (Å²) in [7, 11) is 0. The number of aliphatic hydroxyl groups is 1. The number of nitrogens with zero attached hydrogens (tertiary/aromatic N) is 1. The monoisotopic (exact) mass is 506 g/mol. The zero-order valence-corrected chi connectivity index (χ0v) is 19.0. The third kappa shape index (κ3) is 5.05. The van der Waals surface area contributed by atoms with Crippen LogP contribution in [0.4, 0.5) is 8.78 Å². The van der Waals surface area contributed by atoms with E-state index in [9.17, 15) is 18.4 Å². The quantitative estimate of drug-likeness (QED) is 0.510. The first-order chi connectivity index (χ1) is 15.2. The van der Waals surface area contributed by atoms with Crippen molar-refractivity contribution >= 4 is 21.8 Å².